The summed E-state index contributed by atoms with van der Waals surface area (Å²) in [4.78, 5) is 16.3. The molecule has 0 aliphatic rings. The summed E-state index contributed by atoms with van der Waals surface area (Å²) >= 11 is 0. The van der Waals surface area contributed by atoms with Crippen LogP contribution < -0.4 is 15.8 Å². The molecule has 0 atom stereocenters. The molecule has 5 nitrogen and oxygen atoms in total. The van der Waals surface area contributed by atoms with Gasteiger partial charge < -0.3 is 15.8 Å². The molecule has 0 saturated heterocycles. The van der Waals surface area contributed by atoms with Gasteiger partial charge in [0.2, 0.25) is 0 Å². The topological polar surface area (TPSA) is 77.2 Å². The first kappa shape index (κ1) is 18.4. The van der Waals surface area contributed by atoms with Crippen LogP contribution in [0.3, 0.4) is 0 Å². The Morgan fingerprint density at radius 2 is 2.16 bits per heavy atom. The number of hydrogen-bond donors (Lipinski definition) is 2. The van der Waals surface area contributed by atoms with Crippen LogP contribution in [-0.4, -0.2) is 17.5 Å². The molecule has 2 aromatic rings. The van der Waals surface area contributed by atoms with Crippen LogP contribution in [-0.2, 0) is 0 Å². The number of hydrogen-bond acceptors (Lipinski definition) is 4. The van der Waals surface area contributed by atoms with Crippen molar-refractivity contribution in [3.05, 3.63) is 59.6 Å². The van der Waals surface area contributed by atoms with Crippen LogP contribution >= 0.6 is 0 Å². The zero-order valence-corrected chi connectivity index (χ0v) is 14.4. The second-order valence-electron chi connectivity index (χ2n) is 5.52. The molecule has 0 unspecified atom stereocenters. The lowest BCUT2D eigenvalue weighted by Gasteiger charge is -2.12. The highest BCUT2D eigenvalue weighted by molar-refractivity contribution is 6.07. The van der Waals surface area contributed by atoms with Crippen LogP contribution in [0.5, 0.6) is 5.75 Å². The van der Waals surface area contributed by atoms with Crippen LogP contribution in [0, 0.1) is 12.7 Å². The Labute approximate surface area is 146 Å². The third-order valence-electron chi connectivity index (χ3n) is 3.53. The minimum absolute atomic E-state index is 0.0379. The number of nitrogens with zero attached hydrogens (tertiary/aromatic N) is 1. The standard InChI is InChI=1S/C19H22FN3O2/c1-3-4-5-6-12-25-16-9-7-8-15(17(16)20)23-19(24)14-11-10-13(2)22-18(14)21/h3-4,7-11H,5-6,12H2,1-2H3,(H2,21,22)(H,23,24). The average Bonchev–Trinajstić information content (AvgIpc) is 2.57. The zero-order chi connectivity index (χ0) is 18.2. The van der Waals surface area contributed by atoms with Crippen LogP contribution in [0.25, 0.3) is 0 Å². The van der Waals surface area contributed by atoms with Gasteiger partial charge in [-0.1, -0.05) is 18.2 Å². The summed E-state index contributed by atoms with van der Waals surface area (Å²) in [6.07, 6.45) is 5.64. The first-order valence-electron chi connectivity index (χ1n) is 8.10. The highest BCUT2D eigenvalue weighted by Crippen LogP contribution is 2.25. The number of carbonyl (C=O) groups excluding carboxylic acids is 1. The predicted molar refractivity (Wildman–Crippen MR) is 97.3 cm³/mol. The van der Waals surface area contributed by atoms with Gasteiger partial charge in [-0.3, -0.25) is 4.79 Å². The molecule has 1 aromatic carbocycles. The smallest absolute Gasteiger partial charge is 0.259 e. The SMILES string of the molecule is CC=CCCCOc1cccc(NC(=O)c2ccc(C)nc2N)c1F. The van der Waals surface area contributed by atoms with E-state index in [1.807, 2.05) is 19.1 Å². The first-order chi connectivity index (χ1) is 12.0. The number of anilines is 2. The molecule has 25 heavy (non-hydrogen) atoms. The summed E-state index contributed by atoms with van der Waals surface area (Å²) in [7, 11) is 0. The monoisotopic (exact) mass is 343 g/mol. The molecule has 0 fully saturated rings. The quantitative estimate of drug-likeness (QED) is 0.586. The number of pyridine rings is 1. The Hall–Kier alpha value is -2.89. The van der Waals surface area contributed by atoms with E-state index in [1.54, 1.807) is 25.1 Å². The minimum Gasteiger partial charge on any atom is -0.490 e. The molecule has 0 spiro atoms. The van der Waals surface area contributed by atoms with Crippen molar-refractivity contribution < 1.29 is 13.9 Å². The minimum atomic E-state index is -0.611. The van der Waals surface area contributed by atoms with E-state index in [9.17, 15) is 9.18 Å². The maximum Gasteiger partial charge on any atom is 0.259 e. The van der Waals surface area contributed by atoms with Crippen molar-refractivity contribution in [1.29, 1.82) is 0 Å². The van der Waals surface area contributed by atoms with Crippen LogP contribution in [0.1, 0.15) is 35.8 Å². The van der Waals surface area contributed by atoms with E-state index < -0.39 is 11.7 Å². The number of carbonyl (C=O) groups is 1. The molecule has 0 radical (unpaired) electrons. The largest absolute Gasteiger partial charge is 0.490 e. The van der Waals surface area contributed by atoms with E-state index >= 15 is 0 Å². The number of halogens is 1. The third-order valence-corrected chi connectivity index (χ3v) is 3.53. The molecule has 0 bridgehead atoms. The molecular weight excluding hydrogens is 321 g/mol. The number of allylic oxidation sites excluding steroid dienone is 2. The summed E-state index contributed by atoms with van der Waals surface area (Å²) < 4.78 is 19.9. The second-order valence-corrected chi connectivity index (χ2v) is 5.52. The van der Waals surface area contributed by atoms with E-state index in [1.165, 1.54) is 12.1 Å². The Balaban J connectivity index is 2.06. The van der Waals surface area contributed by atoms with Gasteiger partial charge in [0.1, 0.15) is 5.82 Å². The summed E-state index contributed by atoms with van der Waals surface area (Å²) in [5.41, 5.74) is 6.69. The fourth-order valence-electron chi connectivity index (χ4n) is 2.23. The highest BCUT2D eigenvalue weighted by atomic mass is 19.1. The molecule has 1 aromatic heterocycles. The molecular formula is C19H22FN3O2. The van der Waals surface area contributed by atoms with Gasteiger partial charge in [-0.2, -0.15) is 0 Å². The van der Waals surface area contributed by atoms with Crippen LogP contribution in [0.2, 0.25) is 0 Å². The number of benzene rings is 1. The van der Waals surface area contributed by atoms with Gasteiger partial charge in [0.05, 0.1) is 17.9 Å². The van der Waals surface area contributed by atoms with E-state index in [0.29, 0.717) is 12.3 Å². The Bertz CT molecular complexity index is 775. The lowest BCUT2D eigenvalue weighted by molar-refractivity contribution is 0.102. The van der Waals surface area contributed by atoms with Gasteiger partial charge in [0.25, 0.3) is 5.91 Å². The van der Waals surface area contributed by atoms with Crippen molar-refractivity contribution in [1.82, 2.24) is 4.98 Å². The predicted octanol–water partition coefficient (Wildman–Crippen LogP) is 4.10. The van der Waals surface area contributed by atoms with E-state index in [-0.39, 0.29) is 22.8 Å². The molecule has 0 saturated carbocycles. The number of aryl methyl sites for hydroxylation is 1. The maximum absolute atomic E-state index is 14.5. The molecule has 3 N–H and O–H groups in total. The Morgan fingerprint density at radius 1 is 1.36 bits per heavy atom. The van der Waals surface area contributed by atoms with Crippen LogP contribution in [0.15, 0.2) is 42.5 Å². The molecule has 0 aliphatic heterocycles. The third kappa shape index (κ3) is 5.04. The van der Waals surface area contributed by atoms with Crippen LogP contribution in [0.4, 0.5) is 15.9 Å². The first-order valence-corrected chi connectivity index (χ1v) is 8.10. The Kier molecular flexibility index (Phi) is 6.51. The number of amides is 1. The average molecular weight is 343 g/mol. The summed E-state index contributed by atoms with van der Waals surface area (Å²) in [5, 5.41) is 2.51. The maximum atomic E-state index is 14.5. The molecule has 0 aliphatic carbocycles. The number of ether oxygens (including phenoxy) is 1. The number of nitrogens with one attached hydrogen (secondary N) is 1. The number of unbranched alkanes of at least 4 members (excludes halogenated alkanes) is 1. The number of nitrogens with two attached hydrogens (primary N) is 1. The van der Waals surface area contributed by atoms with E-state index in [0.717, 1.165) is 12.8 Å². The van der Waals surface area contributed by atoms with Crippen molar-refractivity contribution in [3.8, 4) is 5.75 Å². The Morgan fingerprint density at radius 3 is 2.88 bits per heavy atom. The molecule has 6 heteroatoms. The fourth-order valence-corrected chi connectivity index (χ4v) is 2.23. The zero-order valence-electron chi connectivity index (χ0n) is 14.4. The van der Waals surface area contributed by atoms with Gasteiger partial charge in [0, 0.05) is 5.69 Å². The van der Waals surface area contributed by atoms with Gasteiger partial charge in [-0.05, 0) is 51.0 Å². The lowest BCUT2D eigenvalue weighted by Crippen LogP contribution is -2.16. The van der Waals surface area contributed by atoms with E-state index in [4.69, 9.17) is 10.5 Å². The van der Waals surface area contributed by atoms with Crippen molar-refractivity contribution in [2.24, 2.45) is 0 Å². The van der Waals surface area contributed by atoms with Gasteiger partial charge in [0.15, 0.2) is 11.6 Å². The van der Waals surface area contributed by atoms with Crippen molar-refractivity contribution in [2.75, 3.05) is 17.7 Å². The lowest BCUT2D eigenvalue weighted by atomic mass is 10.2. The van der Waals surface area contributed by atoms with E-state index in [2.05, 4.69) is 10.3 Å². The highest BCUT2D eigenvalue weighted by Gasteiger charge is 2.15. The van der Waals surface area contributed by atoms with Gasteiger partial charge in [-0.25, -0.2) is 9.37 Å². The molecule has 132 valence electrons. The molecule has 2 rings (SSSR count). The van der Waals surface area contributed by atoms with Crippen molar-refractivity contribution in [3.63, 3.8) is 0 Å². The molecule has 1 amide bonds. The second kappa shape index (κ2) is 8.82. The van der Waals surface area contributed by atoms with Crippen molar-refractivity contribution >= 4 is 17.4 Å². The summed E-state index contributed by atoms with van der Waals surface area (Å²) in [6.45, 7) is 4.12. The molecule has 1 heterocycles. The van der Waals surface area contributed by atoms with Crippen molar-refractivity contribution in [2.45, 2.75) is 26.7 Å². The number of nitrogen functional groups attached to an aromatic ring is 1. The fraction of sp³-hybridized carbons (Fsp3) is 0.263. The van der Waals surface area contributed by atoms with Gasteiger partial charge in [-0.15, -0.1) is 0 Å². The summed E-state index contributed by atoms with van der Waals surface area (Å²) in [5.74, 6) is -0.919. The van der Waals surface area contributed by atoms with Gasteiger partial charge >= 0.3 is 0 Å². The normalized spacial score (nSPS) is 10.8. The number of aromatic nitrogens is 1. The number of rotatable bonds is 7. The summed E-state index contributed by atoms with van der Waals surface area (Å²) in [6, 6.07) is 7.86.